The number of amides is 1. The summed E-state index contributed by atoms with van der Waals surface area (Å²) in [5.74, 6) is -0.107. The van der Waals surface area contributed by atoms with Crippen LogP contribution in [0.4, 0.5) is 11.4 Å². The second kappa shape index (κ2) is 5.40. The Kier molecular flexibility index (Phi) is 3.44. The minimum absolute atomic E-state index is 0.0162. The minimum Gasteiger partial charge on any atom is -0.373 e. The number of rotatable bonds is 3. The number of anilines is 2. The van der Waals surface area contributed by atoms with Crippen molar-refractivity contribution >= 4 is 23.1 Å². The molecule has 0 fully saturated rings. The molecule has 4 heteroatoms. The van der Waals surface area contributed by atoms with Gasteiger partial charge >= 0.3 is 0 Å². The van der Waals surface area contributed by atoms with Gasteiger partial charge in [0, 0.05) is 23.4 Å². The van der Waals surface area contributed by atoms with E-state index in [1.807, 2.05) is 24.3 Å². The monoisotopic (exact) mass is 280 g/mol. The summed E-state index contributed by atoms with van der Waals surface area (Å²) in [6.45, 7) is 1.51. The smallest absolute Gasteiger partial charge is 0.247 e. The summed E-state index contributed by atoms with van der Waals surface area (Å²) in [5.41, 5.74) is 3.39. The number of fused-ring (bicyclic) bond motifs is 1. The molecule has 2 aromatic rings. The van der Waals surface area contributed by atoms with Gasteiger partial charge in [-0.3, -0.25) is 9.59 Å². The molecule has 0 saturated carbocycles. The molecule has 1 aliphatic rings. The van der Waals surface area contributed by atoms with Crippen LogP contribution in [0.15, 0.2) is 48.5 Å². The third-order valence-corrected chi connectivity index (χ3v) is 3.62. The van der Waals surface area contributed by atoms with E-state index in [0.29, 0.717) is 17.7 Å². The number of hydrogen-bond acceptors (Lipinski definition) is 3. The van der Waals surface area contributed by atoms with Crippen molar-refractivity contribution in [3.05, 3.63) is 59.7 Å². The number of benzene rings is 2. The molecule has 2 aromatic carbocycles. The van der Waals surface area contributed by atoms with Crippen molar-refractivity contribution < 1.29 is 9.59 Å². The van der Waals surface area contributed by atoms with E-state index in [2.05, 4.69) is 10.6 Å². The summed E-state index contributed by atoms with van der Waals surface area (Å²) >= 11 is 0. The fourth-order valence-corrected chi connectivity index (χ4v) is 2.50. The first-order valence-corrected chi connectivity index (χ1v) is 6.90. The molecule has 0 aliphatic carbocycles. The maximum Gasteiger partial charge on any atom is 0.247 e. The molecule has 0 unspecified atom stereocenters. The van der Waals surface area contributed by atoms with Crippen molar-refractivity contribution in [2.45, 2.75) is 19.4 Å². The van der Waals surface area contributed by atoms with Crippen LogP contribution in [0.1, 0.15) is 22.8 Å². The van der Waals surface area contributed by atoms with Crippen molar-refractivity contribution in [1.82, 2.24) is 0 Å². The third-order valence-electron chi connectivity index (χ3n) is 3.62. The van der Waals surface area contributed by atoms with Crippen molar-refractivity contribution in [2.24, 2.45) is 0 Å². The highest BCUT2D eigenvalue weighted by atomic mass is 16.2. The first-order valence-electron chi connectivity index (χ1n) is 6.90. The molecule has 0 spiro atoms. The van der Waals surface area contributed by atoms with E-state index in [4.69, 9.17) is 0 Å². The second-order valence-corrected chi connectivity index (χ2v) is 5.18. The third kappa shape index (κ3) is 2.79. The Bertz CT molecular complexity index is 684. The molecule has 1 atom stereocenters. The van der Waals surface area contributed by atoms with Gasteiger partial charge in [0.25, 0.3) is 0 Å². The number of para-hydroxylation sites is 1. The van der Waals surface area contributed by atoms with E-state index >= 15 is 0 Å². The molecule has 0 radical (unpaired) electrons. The molecule has 0 aromatic heterocycles. The quantitative estimate of drug-likeness (QED) is 0.850. The average molecular weight is 280 g/mol. The molecular weight excluding hydrogens is 264 g/mol. The van der Waals surface area contributed by atoms with Crippen LogP contribution in [0.5, 0.6) is 0 Å². The van der Waals surface area contributed by atoms with Gasteiger partial charge in [-0.05, 0) is 30.7 Å². The van der Waals surface area contributed by atoms with Crippen molar-refractivity contribution in [3.63, 3.8) is 0 Å². The van der Waals surface area contributed by atoms with Crippen LogP contribution in [0, 0.1) is 0 Å². The molecule has 4 nitrogen and oxygen atoms in total. The summed E-state index contributed by atoms with van der Waals surface area (Å²) in [7, 11) is 0. The summed E-state index contributed by atoms with van der Waals surface area (Å²) in [6, 6.07) is 14.6. The van der Waals surface area contributed by atoms with Crippen LogP contribution in [0.25, 0.3) is 0 Å². The van der Waals surface area contributed by atoms with E-state index in [1.54, 1.807) is 24.3 Å². The molecule has 1 heterocycles. The topological polar surface area (TPSA) is 58.2 Å². The Balaban J connectivity index is 1.71. The second-order valence-electron chi connectivity index (χ2n) is 5.18. The molecule has 1 aliphatic heterocycles. The van der Waals surface area contributed by atoms with Gasteiger partial charge in [-0.2, -0.15) is 0 Å². The molecule has 1 amide bonds. The lowest BCUT2D eigenvalue weighted by molar-refractivity contribution is -0.116. The van der Waals surface area contributed by atoms with Gasteiger partial charge < -0.3 is 10.6 Å². The Morgan fingerprint density at radius 2 is 1.95 bits per heavy atom. The number of ketones is 1. The van der Waals surface area contributed by atoms with Gasteiger partial charge in [0.1, 0.15) is 6.04 Å². The van der Waals surface area contributed by atoms with Crippen LogP contribution in [-0.2, 0) is 11.2 Å². The van der Waals surface area contributed by atoms with Gasteiger partial charge in [-0.25, -0.2) is 0 Å². The van der Waals surface area contributed by atoms with Gasteiger partial charge in [-0.15, -0.1) is 0 Å². The van der Waals surface area contributed by atoms with E-state index < -0.39 is 0 Å². The van der Waals surface area contributed by atoms with Crippen LogP contribution >= 0.6 is 0 Å². The Hall–Kier alpha value is -2.62. The number of hydrogen-bond donors (Lipinski definition) is 2. The SMILES string of the molecule is CC(=O)c1cccc(NC(=O)[C@@H]2Cc3ccccc3N2)c1. The number of carbonyl (C=O) groups is 2. The van der Waals surface area contributed by atoms with Gasteiger partial charge in [-0.1, -0.05) is 30.3 Å². The molecule has 3 rings (SSSR count). The molecule has 106 valence electrons. The van der Waals surface area contributed by atoms with Gasteiger partial charge in [0.15, 0.2) is 5.78 Å². The van der Waals surface area contributed by atoms with Crippen LogP contribution in [-0.4, -0.2) is 17.7 Å². The molecular formula is C17H16N2O2. The van der Waals surface area contributed by atoms with Crippen molar-refractivity contribution in [3.8, 4) is 0 Å². The standard InChI is InChI=1S/C17H16N2O2/c1-11(20)12-6-4-7-14(9-12)18-17(21)16-10-13-5-2-3-8-15(13)19-16/h2-9,16,19H,10H2,1H3,(H,18,21)/t16-/m0/s1. The first kappa shape index (κ1) is 13.4. The number of carbonyl (C=O) groups excluding carboxylic acids is 2. The number of Topliss-reactive ketones (excluding diaryl/α,β-unsaturated/α-hetero) is 1. The fraction of sp³-hybridized carbons (Fsp3) is 0.176. The summed E-state index contributed by atoms with van der Waals surface area (Å²) < 4.78 is 0. The Labute approximate surface area is 123 Å². The lowest BCUT2D eigenvalue weighted by Crippen LogP contribution is -2.32. The van der Waals surface area contributed by atoms with E-state index in [-0.39, 0.29) is 17.7 Å². The van der Waals surface area contributed by atoms with Crippen molar-refractivity contribution in [2.75, 3.05) is 10.6 Å². The molecule has 0 bridgehead atoms. The Morgan fingerprint density at radius 1 is 1.14 bits per heavy atom. The zero-order valence-corrected chi connectivity index (χ0v) is 11.7. The lowest BCUT2D eigenvalue weighted by Gasteiger charge is -2.12. The lowest BCUT2D eigenvalue weighted by atomic mass is 10.1. The van der Waals surface area contributed by atoms with Crippen LogP contribution < -0.4 is 10.6 Å². The normalized spacial score (nSPS) is 16.0. The van der Waals surface area contributed by atoms with Crippen LogP contribution in [0.2, 0.25) is 0 Å². The predicted molar refractivity (Wildman–Crippen MR) is 82.6 cm³/mol. The van der Waals surface area contributed by atoms with E-state index in [9.17, 15) is 9.59 Å². The minimum atomic E-state index is -0.275. The molecule has 0 saturated heterocycles. The summed E-state index contributed by atoms with van der Waals surface area (Å²) in [6.07, 6.45) is 0.675. The molecule has 2 N–H and O–H groups in total. The zero-order chi connectivity index (χ0) is 14.8. The predicted octanol–water partition coefficient (Wildman–Crippen LogP) is 2.86. The molecule has 21 heavy (non-hydrogen) atoms. The highest BCUT2D eigenvalue weighted by Crippen LogP contribution is 2.25. The fourth-order valence-electron chi connectivity index (χ4n) is 2.50. The van der Waals surface area contributed by atoms with Gasteiger partial charge in [0.05, 0.1) is 0 Å². The Morgan fingerprint density at radius 3 is 2.71 bits per heavy atom. The van der Waals surface area contributed by atoms with Crippen LogP contribution in [0.3, 0.4) is 0 Å². The average Bonchev–Trinajstić information content (AvgIpc) is 2.91. The van der Waals surface area contributed by atoms with E-state index in [1.165, 1.54) is 6.92 Å². The van der Waals surface area contributed by atoms with Crippen molar-refractivity contribution in [1.29, 1.82) is 0 Å². The maximum atomic E-state index is 12.3. The maximum absolute atomic E-state index is 12.3. The number of nitrogens with one attached hydrogen (secondary N) is 2. The zero-order valence-electron chi connectivity index (χ0n) is 11.7. The highest BCUT2D eigenvalue weighted by molar-refractivity contribution is 6.00. The largest absolute Gasteiger partial charge is 0.373 e. The summed E-state index contributed by atoms with van der Waals surface area (Å²) in [4.78, 5) is 23.7. The highest BCUT2D eigenvalue weighted by Gasteiger charge is 2.26. The first-order chi connectivity index (χ1) is 10.1. The van der Waals surface area contributed by atoms with Gasteiger partial charge in [0.2, 0.25) is 5.91 Å². The van der Waals surface area contributed by atoms with E-state index in [0.717, 1.165) is 11.3 Å². The summed E-state index contributed by atoms with van der Waals surface area (Å²) in [5, 5.41) is 6.07.